The quantitative estimate of drug-likeness (QED) is 0.897. The van der Waals surface area contributed by atoms with Gasteiger partial charge in [-0.05, 0) is 25.3 Å². The lowest BCUT2D eigenvalue weighted by Crippen LogP contribution is -2.32. The molecule has 2 aromatic rings. The molecule has 1 aliphatic rings. The lowest BCUT2D eigenvalue weighted by atomic mass is 9.86. The number of rotatable bonds is 3. The number of benzene rings is 1. The second-order valence-electron chi connectivity index (χ2n) is 5.35. The molecular weight excluding hydrogens is 222 g/mol. The van der Waals surface area contributed by atoms with E-state index in [-0.39, 0.29) is 11.5 Å². The van der Waals surface area contributed by atoms with Crippen LogP contribution in [0.25, 0.3) is 11.4 Å². The zero-order chi connectivity index (χ0) is 12.8. The molecule has 1 fully saturated rings. The Balaban J connectivity index is 2.15. The number of aryl methyl sites for hydroxylation is 1. The fourth-order valence-electron chi connectivity index (χ4n) is 2.84. The molecule has 1 atom stereocenters. The van der Waals surface area contributed by atoms with Gasteiger partial charge in [0.05, 0.1) is 0 Å². The molecule has 18 heavy (non-hydrogen) atoms. The smallest absolute Gasteiger partial charge is 0.139 e. The van der Waals surface area contributed by atoms with Gasteiger partial charge < -0.3 is 10.3 Å². The molecule has 3 rings (SSSR count). The number of imidazole rings is 1. The molecule has 1 unspecified atom stereocenters. The number of hydrogen-bond acceptors (Lipinski definition) is 2. The summed E-state index contributed by atoms with van der Waals surface area (Å²) >= 11 is 0. The first-order chi connectivity index (χ1) is 8.65. The highest BCUT2D eigenvalue weighted by atomic mass is 15.0. The molecule has 1 aromatic carbocycles. The molecule has 0 aliphatic heterocycles. The molecule has 0 radical (unpaired) electrons. The van der Waals surface area contributed by atoms with Crippen LogP contribution in [0.2, 0.25) is 0 Å². The number of nitrogens with two attached hydrogens (primary N) is 1. The minimum Gasteiger partial charge on any atom is -0.334 e. The highest BCUT2D eigenvalue weighted by Crippen LogP contribution is 2.52. The van der Waals surface area contributed by atoms with Crippen molar-refractivity contribution in [3.05, 3.63) is 42.2 Å². The summed E-state index contributed by atoms with van der Waals surface area (Å²) in [6.07, 6.45) is 6.20. The molecule has 0 spiro atoms. The summed E-state index contributed by atoms with van der Waals surface area (Å²) < 4.78 is 2.07. The third kappa shape index (κ3) is 1.58. The van der Waals surface area contributed by atoms with Crippen LogP contribution in [0, 0.1) is 0 Å². The Kier molecular flexibility index (Phi) is 2.52. The fraction of sp³-hybridized carbons (Fsp3) is 0.400. The Morgan fingerprint density at radius 1 is 1.33 bits per heavy atom. The molecule has 0 saturated heterocycles. The molecule has 1 heterocycles. The van der Waals surface area contributed by atoms with Crippen LogP contribution in [0.1, 0.15) is 25.3 Å². The van der Waals surface area contributed by atoms with Crippen molar-refractivity contribution in [3.8, 4) is 11.4 Å². The maximum atomic E-state index is 6.20. The minimum absolute atomic E-state index is 0.169. The van der Waals surface area contributed by atoms with Gasteiger partial charge in [0.1, 0.15) is 5.82 Å². The first kappa shape index (κ1) is 11.5. The summed E-state index contributed by atoms with van der Waals surface area (Å²) in [5, 5.41) is 0. The van der Waals surface area contributed by atoms with Gasteiger partial charge in [0, 0.05) is 36.5 Å². The van der Waals surface area contributed by atoms with Crippen LogP contribution in [-0.2, 0) is 12.5 Å². The van der Waals surface area contributed by atoms with Crippen LogP contribution in [0.4, 0.5) is 0 Å². The van der Waals surface area contributed by atoms with Crippen molar-refractivity contribution in [2.75, 3.05) is 0 Å². The van der Waals surface area contributed by atoms with Crippen LogP contribution in [0.15, 0.2) is 36.7 Å². The van der Waals surface area contributed by atoms with Crippen LogP contribution < -0.4 is 5.73 Å². The zero-order valence-electron chi connectivity index (χ0n) is 10.9. The van der Waals surface area contributed by atoms with E-state index < -0.39 is 0 Å². The standard InChI is InChI=1S/C15H19N3/c1-11(16)15(7-8-15)13-6-4-3-5-12(13)14-17-9-10-18(14)2/h3-6,9-11H,7-8,16H2,1-2H3. The maximum absolute atomic E-state index is 6.20. The summed E-state index contributed by atoms with van der Waals surface area (Å²) in [5.41, 5.74) is 8.94. The van der Waals surface area contributed by atoms with Crippen LogP contribution in [0.3, 0.4) is 0 Å². The Labute approximate surface area is 108 Å². The van der Waals surface area contributed by atoms with Crippen molar-refractivity contribution < 1.29 is 0 Å². The lowest BCUT2D eigenvalue weighted by Gasteiger charge is -2.23. The van der Waals surface area contributed by atoms with Gasteiger partial charge >= 0.3 is 0 Å². The topological polar surface area (TPSA) is 43.8 Å². The second kappa shape index (κ2) is 3.95. The zero-order valence-corrected chi connectivity index (χ0v) is 10.9. The van der Waals surface area contributed by atoms with Gasteiger partial charge in [-0.3, -0.25) is 0 Å². The van der Waals surface area contributed by atoms with Crippen molar-refractivity contribution in [1.29, 1.82) is 0 Å². The summed E-state index contributed by atoms with van der Waals surface area (Å²) in [7, 11) is 2.03. The summed E-state index contributed by atoms with van der Waals surface area (Å²) in [6.45, 7) is 2.11. The van der Waals surface area contributed by atoms with Crippen molar-refractivity contribution in [2.45, 2.75) is 31.2 Å². The maximum Gasteiger partial charge on any atom is 0.139 e. The molecule has 3 nitrogen and oxygen atoms in total. The Hall–Kier alpha value is -1.61. The van der Waals surface area contributed by atoms with Crippen molar-refractivity contribution in [3.63, 3.8) is 0 Å². The van der Waals surface area contributed by atoms with Crippen LogP contribution in [-0.4, -0.2) is 15.6 Å². The number of aromatic nitrogens is 2. The van der Waals surface area contributed by atoms with E-state index in [2.05, 4.69) is 40.7 Å². The second-order valence-corrected chi connectivity index (χ2v) is 5.35. The molecular formula is C15H19N3. The SMILES string of the molecule is CC(N)C1(c2ccccc2-c2nccn2C)CC1. The average molecular weight is 241 g/mol. The van der Waals surface area contributed by atoms with E-state index in [4.69, 9.17) is 5.73 Å². The molecule has 0 amide bonds. The van der Waals surface area contributed by atoms with Gasteiger partial charge in [-0.1, -0.05) is 24.3 Å². The molecule has 0 bridgehead atoms. The molecule has 1 aliphatic carbocycles. The van der Waals surface area contributed by atoms with E-state index in [1.807, 2.05) is 19.4 Å². The van der Waals surface area contributed by atoms with E-state index in [1.54, 1.807) is 0 Å². The highest BCUT2D eigenvalue weighted by Gasteiger charge is 2.48. The highest BCUT2D eigenvalue weighted by molar-refractivity contribution is 5.64. The molecule has 94 valence electrons. The Morgan fingerprint density at radius 2 is 2.06 bits per heavy atom. The molecule has 2 N–H and O–H groups in total. The van der Waals surface area contributed by atoms with E-state index in [1.165, 1.54) is 24.0 Å². The fourth-order valence-corrected chi connectivity index (χ4v) is 2.84. The molecule has 1 aromatic heterocycles. The average Bonchev–Trinajstić information content (AvgIpc) is 3.07. The third-order valence-corrected chi connectivity index (χ3v) is 4.19. The van der Waals surface area contributed by atoms with E-state index in [0.717, 1.165) is 5.82 Å². The van der Waals surface area contributed by atoms with Gasteiger partial charge in [-0.15, -0.1) is 0 Å². The normalized spacial score (nSPS) is 18.6. The van der Waals surface area contributed by atoms with E-state index in [9.17, 15) is 0 Å². The minimum atomic E-state index is 0.169. The van der Waals surface area contributed by atoms with Gasteiger partial charge in [-0.2, -0.15) is 0 Å². The van der Waals surface area contributed by atoms with Crippen LogP contribution in [0.5, 0.6) is 0 Å². The summed E-state index contributed by atoms with van der Waals surface area (Å²) in [6, 6.07) is 8.73. The van der Waals surface area contributed by atoms with Crippen molar-refractivity contribution >= 4 is 0 Å². The molecule has 1 saturated carbocycles. The van der Waals surface area contributed by atoms with Gasteiger partial charge in [-0.25, -0.2) is 4.98 Å². The number of nitrogens with zero attached hydrogens (tertiary/aromatic N) is 2. The van der Waals surface area contributed by atoms with E-state index >= 15 is 0 Å². The Bertz CT molecular complexity index is 565. The van der Waals surface area contributed by atoms with Crippen molar-refractivity contribution in [1.82, 2.24) is 9.55 Å². The van der Waals surface area contributed by atoms with E-state index in [0.29, 0.717) is 0 Å². The summed E-state index contributed by atoms with van der Waals surface area (Å²) in [5.74, 6) is 1.03. The molecule has 3 heteroatoms. The predicted octanol–water partition coefficient (Wildman–Crippen LogP) is 2.47. The van der Waals surface area contributed by atoms with Gasteiger partial charge in [0.15, 0.2) is 0 Å². The predicted molar refractivity (Wildman–Crippen MR) is 73.2 cm³/mol. The monoisotopic (exact) mass is 241 g/mol. The first-order valence-electron chi connectivity index (χ1n) is 6.48. The first-order valence-corrected chi connectivity index (χ1v) is 6.48. The largest absolute Gasteiger partial charge is 0.334 e. The number of hydrogen-bond donors (Lipinski definition) is 1. The van der Waals surface area contributed by atoms with Crippen LogP contribution >= 0.6 is 0 Å². The Morgan fingerprint density at radius 3 is 2.61 bits per heavy atom. The summed E-state index contributed by atoms with van der Waals surface area (Å²) in [4.78, 5) is 4.47. The lowest BCUT2D eigenvalue weighted by molar-refractivity contribution is 0.557. The van der Waals surface area contributed by atoms with Crippen molar-refractivity contribution in [2.24, 2.45) is 12.8 Å². The third-order valence-electron chi connectivity index (χ3n) is 4.19. The van der Waals surface area contributed by atoms with Gasteiger partial charge in [0.2, 0.25) is 0 Å². The van der Waals surface area contributed by atoms with Gasteiger partial charge in [0.25, 0.3) is 0 Å².